The van der Waals surface area contributed by atoms with E-state index in [9.17, 15) is 18.0 Å². The third-order valence-corrected chi connectivity index (χ3v) is 4.83. The fourth-order valence-electron chi connectivity index (χ4n) is 2.77. The maximum Gasteiger partial charge on any atom is 0.255 e. The molecule has 2 aromatic carbocycles. The van der Waals surface area contributed by atoms with Crippen LogP contribution in [0.5, 0.6) is 0 Å². The van der Waals surface area contributed by atoms with Crippen LogP contribution >= 0.6 is 0 Å². The summed E-state index contributed by atoms with van der Waals surface area (Å²) in [6, 6.07) is 11.5. The van der Waals surface area contributed by atoms with Gasteiger partial charge in [-0.2, -0.15) is 0 Å². The molecule has 0 spiro atoms. The summed E-state index contributed by atoms with van der Waals surface area (Å²) in [4.78, 5) is 27.0. The van der Waals surface area contributed by atoms with E-state index >= 15 is 0 Å². The Morgan fingerprint density at radius 3 is 2.21 bits per heavy atom. The van der Waals surface area contributed by atoms with Gasteiger partial charge in [-0.3, -0.25) is 14.3 Å². The van der Waals surface area contributed by atoms with Crippen LogP contribution in [-0.4, -0.2) is 44.5 Å². The second kappa shape index (κ2) is 8.88. The third-order valence-electron chi connectivity index (χ3n) is 4.24. The van der Waals surface area contributed by atoms with Crippen LogP contribution in [0, 0.1) is 6.92 Å². The zero-order chi connectivity index (χ0) is 20.9. The van der Waals surface area contributed by atoms with Gasteiger partial charge in [-0.15, -0.1) is 0 Å². The minimum Gasteiger partial charge on any atom is -0.339 e. The molecule has 7 nitrogen and oxygen atoms in total. The van der Waals surface area contributed by atoms with Crippen molar-refractivity contribution in [2.75, 3.05) is 29.4 Å². The van der Waals surface area contributed by atoms with Gasteiger partial charge in [0.1, 0.15) is 0 Å². The van der Waals surface area contributed by atoms with Crippen LogP contribution in [0.1, 0.15) is 40.1 Å². The molecular formula is C20H25N3O4S. The van der Waals surface area contributed by atoms with Crippen molar-refractivity contribution in [3.8, 4) is 0 Å². The lowest BCUT2D eigenvalue weighted by Gasteiger charge is -2.20. The number of para-hydroxylation sites is 1. The number of nitrogens with one attached hydrogen (secondary N) is 2. The average molecular weight is 404 g/mol. The number of nitrogens with zero attached hydrogens (tertiary/aromatic N) is 1. The highest BCUT2D eigenvalue weighted by atomic mass is 32.2. The van der Waals surface area contributed by atoms with E-state index in [-0.39, 0.29) is 11.8 Å². The Morgan fingerprint density at radius 2 is 1.64 bits per heavy atom. The van der Waals surface area contributed by atoms with Crippen molar-refractivity contribution in [2.45, 2.75) is 20.8 Å². The standard InChI is InChI=1S/C20H25N3O4S/c1-5-23(6-2)20(25)16-9-7-8-10-18(16)21-19(24)15-11-12-17(14(3)13-15)22-28(4,26)27/h7-13,22H,5-6H2,1-4H3,(H,21,24). The molecule has 0 saturated carbocycles. The van der Waals surface area contributed by atoms with Gasteiger partial charge in [0.25, 0.3) is 11.8 Å². The number of carbonyl (C=O) groups excluding carboxylic acids is 2. The van der Waals surface area contributed by atoms with Gasteiger partial charge in [0, 0.05) is 18.7 Å². The molecule has 0 aliphatic heterocycles. The van der Waals surface area contributed by atoms with Crippen LogP contribution < -0.4 is 10.0 Å². The largest absolute Gasteiger partial charge is 0.339 e. The molecule has 0 bridgehead atoms. The highest BCUT2D eigenvalue weighted by Crippen LogP contribution is 2.21. The number of carbonyl (C=O) groups is 2. The van der Waals surface area contributed by atoms with Crippen molar-refractivity contribution in [1.82, 2.24) is 4.90 Å². The molecular weight excluding hydrogens is 378 g/mol. The first-order valence-corrected chi connectivity index (χ1v) is 10.8. The third kappa shape index (κ3) is 5.32. The molecule has 2 N–H and O–H groups in total. The summed E-state index contributed by atoms with van der Waals surface area (Å²) in [5.74, 6) is -0.529. The number of sulfonamides is 1. The van der Waals surface area contributed by atoms with Crippen LogP contribution in [0.3, 0.4) is 0 Å². The van der Waals surface area contributed by atoms with Crippen LogP contribution in [0.25, 0.3) is 0 Å². The Hall–Kier alpha value is -2.87. The molecule has 28 heavy (non-hydrogen) atoms. The van der Waals surface area contributed by atoms with Crippen molar-refractivity contribution in [2.24, 2.45) is 0 Å². The molecule has 0 heterocycles. The Balaban J connectivity index is 2.26. The predicted octanol–water partition coefficient (Wildman–Crippen LogP) is 3.10. The molecule has 2 aromatic rings. The summed E-state index contributed by atoms with van der Waals surface area (Å²) in [6.45, 7) is 6.66. The number of hydrogen-bond acceptors (Lipinski definition) is 4. The Labute approximate surface area is 165 Å². The minimum atomic E-state index is -3.40. The summed E-state index contributed by atoms with van der Waals surface area (Å²) >= 11 is 0. The van der Waals surface area contributed by atoms with Crippen LogP contribution in [0.2, 0.25) is 0 Å². The summed E-state index contributed by atoms with van der Waals surface area (Å²) in [5, 5.41) is 2.78. The van der Waals surface area contributed by atoms with Gasteiger partial charge >= 0.3 is 0 Å². The lowest BCUT2D eigenvalue weighted by Crippen LogP contribution is -2.31. The van der Waals surface area contributed by atoms with Crippen molar-refractivity contribution in [1.29, 1.82) is 0 Å². The second-order valence-electron chi connectivity index (χ2n) is 6.38. The molecule has 2 rings (SSSR count). The van der Waals surface area contributed by atoms with Gasteiger partial charge in [0.15, 0.2) is 0 Å². The van der Waals surface area contributed by atoms with E-state index in [1.54, 1.807) is 42.2 Å². The smallest absolute Gasteiger partial charge is 0.255 e. The molecule has 0 radical (unpaired) electrons. The Bertz CT molecular complexity index is 983. The van der Waals surface area contributed by atoms with Gasteiger partial charge < -0.3 is 10.2 Å². The number of anilines is 2. The number of aryl methyl sites for hydroxylation is 1. The molecule has 150 valence electrons. The Kier molecular flexibility index (Phi) is 6.80. The van der Waals surface area contributed by atoms with E-state index in [1.807, 2.05) is 13.8 Å². The molecule has 8 heteroatoms. The first-order chi connectivity index (χ1) is 13.2. The highest BCUT2D eigenvalue weighted by molar-refractivity contribution is 7.92. The van der Waals surface area contributed by atoms with Crippen molar-refractivity contribution in [3.63, 3.8) is 0 Å². The zero-order valence-corrected chi connectivity index (χ0v) is 17.3. The van der Waals surface area contributed by atoms with Gasteiger partial charge in [0.2, 0.25) is 10.0 Å². The molecule has 0 fully saturated rings. The first-order valence-electron chi connectivity index (χ1n) is 8.94. The SMILES string of the molecule is CCN(CC)C(=O)c1ccccc1NC(=O)c1ccc(NS(C)(=O)=O)c(C)c1. The molecule has 0 aromatic heterocycles. The fourth-order valence-corrected chi connectivity index (χ4v) is 3.40. The van der Waals surface area contributed by atoms with Gasteiger partial charge in [-0.1, -0.05) is 12.1 Å². The normalized spacial score (nSPS) is 11.0. The van der Waals surface area contributed by atoms with Gasteiger partial charge in [-0.05, 0) is 56.7 Å². The van der Waals surface area contributed by atoms with E-state index in [2.05, 4.69) is 10.0 Å². The number of rotatable bonds is 7. The molecule has 0 unspecified atom stereocenters. The van der Waals surface area contributed by atoms with Gasteiger partial charge in [0.05, 0.1) is 23.2 Å². The van der Waals surface area contributed by atoms with Crippen molar-refractivity contribution in [3.05, 3.63) is 59.2 Å². The zero-order valence-electron chi connectivity index (χ0n) is 16.4. The monoisotopic (exact) mass is 403 g/mol. The van der Waals surface area contributed by atoms with E-state index in [0.717, 1.165) is 6.26 Å². The lowest BCUT2D eigenvalue weighted by molar-refractivity contribution is 0.0774. The molecule has 0 saturated heterocycles. The van der Waals surface area contributed by atoms with Crippen LogP contribution in [0.15, 0.2) is 42.5 Å². The summed E-state index contributed by atoms with van der Waals surface area (Å²) in [6.07, 6.45) is 1.07. The number of benzene rings is 2. The molecule has 0 atom stereocenters. The maximum absolute atomic E-state index is 12.7. The highest BCUT2D eigenvalue weighted by Gasteiger charge is 2.18. The number of amides is 2. The van der Waals surface area contributed by atoms with Crippen LogP contribution in [-0.2, 0) is 10.0 Å². The van der Waals surface area contributed by atoms with Crippen LogP contribution in [0.4, 0.5) is 11.4 Å². The molecule has 0 aliphatic carbocycles. The summed E-state index contributed by atoms with van der Waals surface area (Å²) in [7, 11) is -3.40. The van der Waals surface area contributed by atoms with E-state index in [0.29, 0.717) is 41.2 Å². The Morgan fingerprint density at radius 1 is 1.00 bits per heavy atom. The molecule has 2 amide bonds. The number of hydrogen-bond donors (Lipinski definition) is 2. The maximum atomic E-state index is 12.7. The molecule has 0 aliphatic rings. The fraction of sp³-hybridized carbons (Fsp3) is 0.300. The quantitative estimate of drug-likeness (QED) is 0.743. The predicted molar refractivity (Wildman–Crippen MR) is 111 cm³/mol. The summed E-state index contributed by atoms with van der Waals surface area (Å²) < 4.78 is 25.2. The average Bonchev–Trinajstić information content (AvgIpc) is 2.63. The van der Waals surface area contributed by atoms with E-state index < -0.39 is 10.0 Å². The first kappa shape index (κ1) is 21.4. The van der Waals surface area contributed by atoms with E-state index in [1.165, 1.54) is 12.1 Å². The lowest BCUT2D eigenvalue weighted by atomic mass is 10.1. The van der Waals surface area contributed by atoms with Crippen molar-refractivity contribution < 1.29 is 18.0 Å². The topological polar surface area (TPSA) is 95.6 Å². The van der Waals surface area contributed by atoms with Crippen molar-refractivity contribution >= 4 is 33.2 Å². The van der Waals surface area contributed by atoms with Gasteiger partial charge in [-0.25, -0.2) is 8.42 Å². The minimum absolute atomic E-state index is 0.148. The van der Waals surface area contributed by atoms with E-state index in [4.69, 9.17) is 0 Å². The summed E-state index contributed by atoms with van der Waals surface area (Å²) in [5.41, 5.74) is 2.25. The second-order valence-corrected chi connectivity index (χ2v) is 8.13.